The summed E-state index contributed by atoms with van der Waals surface area (Å²) in [5, 5.41) is 2.99. The van der Waals surface area contributed by atoms with Gasteiger partial charge in [-0.1, -0.05) is 0 Å². The molecule has 2 aliphatic heterocycles. The third kappa shape index (κ3) is 4.07. The van der Waals surface area contributed by atoms with Crippen LogP contribution >= 0.6 is 0 Å². The van der Waals surface area contributed by atoms with Gasteiger partial charge in [0.2, 0.25) is 5.91 Å². The van der Waals surface area contributed by atoms with Gasteiger partial charge in [0, 0.05) is 58.3 Å². The number of rotatable bonds is 4. The molecule has 2 fully saturated rings. The van der Waals surface area contributed by atoms with E-state index in [4.69, 9.17) is 5.73 Å². The quantitative estimate of drug-likeness (QED) is 0.717. The van der Waals surface area contributed by atoms with Crippen molar-refractivity contribution in [3.8, 4) is 0 Å². The van der Waals surface area contributed by atoms with E-state index in [0.717, 1.165) is 32.7 Å². The molecule has 2 aliphatic rings. The molecule has 0 aromatic carbocycles. The summed E-state index contributed by atoms with van der Waals surface area (Å²) in [7, 11) is 0. The molecule has 3 amide bonds. The number of urea groups is 1. The molecule has 120 valence electrons. The number of nitrogens with two attached hydrogens (primary N) is 1. The predicted molar refractivity (Wildman–Crippen MR) is 80.9 cm³/mol. The van der Waals surface area contributed by atoms with E-state index >= 15 is 0 Å². The normalized spacial score (nSPS) is 24.0. The van der Waals surface area contributed by atoms with Crippen LogP contribution in [-0.2, 0) is 4.79 Å². The Kier molecular flexibility index (Phi) is 5.41. The van der Waals surface area contributed by atoms with Gasteiger partial charge in [-0.15, -0.1) is 0 Å². The first-order valence-electron chi connectivity index (χ1n) is 7.78. The van der Waals surface area contributed by atoms with E-state index in [1.54, 1.807) is 0 Å². The summed E-state index contributed by atoms with van der Waals surface area (Å²) in [5.41, 5.74) is 5.54. The van der Waals surface area contributed by atoms with Crippen LogP contribution in [0.15, 0.2) is 0 Å². The van der Waals surface area contributed by atoms with Gasteiger partial charge < -0.3 is 20.9 Å². The van der Waals surface area contributed by atoms with E-state index in [9.17, 15) is 9.59 Å². The lowest BCUT2D eigenvalue weighted by Crippen LogP contribution is -2.54. The molecule has 21 heavy (non-hydrogen) atoms. The molecule has 2 heterocycles. The van der Waals surface area contributed by atoms with Gasteiger partial charge in [0.1, 0.15) is 0 Å². The monoisotopic (exact) mass is 297 g/mol. The van der Waals surface area contributed by atoms with Crippen LogP contribution in [0.5, 0.6) is 0 Å². The highest BCUT2D eigenvalue weighted by Gasteiger charge is 2.33. The van der Waals surface area contributed by atoms with E-state index in [-0.39, 0.29) is 24.0 Å². The number of nitrogens with zero attached hydrogens (tertiary/aromatic N) is 3. The fourth-order valence-corrected chi connectivity index (χ4v) is 2.95. The zero-order valence-corrected chi connectivity index (χ0v) is 13.0. The average molecular weight is 297 g/mol. The number of likely N-dealkylation sites (tertiary alicyclic amines) is 1. The van der Waals surface area contributed by atoms with Gasteiger partial charge in [-0.25, -0.2) is 4.79 Å². The topological polar surface area (TPSA) is 81.9 Å². The largest absolute Gasteiger partial charge is 0.338 e. The molecule has 0 aliphatic carbocycles. The Bertz CT molecular complexity index is 380. The lowest BCUT2D eigenvalue weighted by atomic mass is 10.2. The van der Waals surface area contributed by atoms with Crippen molar-refractivity contribution >= 4 is 11.9 Å². The van der Waals surface area contributed by atoms with Crippen molar-refractivity contribution in [3.05, 3.63) is 0 Å². The second-order valence-corrected chi connectivity index (χ2v) is 6.11. The second-order valence-electron chi connectivity index (χ2n) is 6.11. The molecular formula is C14H27N5O2. The first kappa shape index (κ1) is 16.0. The molecule has 0 aromatic rings. The molecule has 2 saturated heterocycles. The van der Waals surface area contributed by atoms with E-state index in [0.29, 0.717) is 19.5 Å². The molecule has 0 saturated carbocycles. The van der Waals surface area contributed by atoms with Crippen molar-refractivity contribution < 1.29 is 9.59 Å². The van der Waals surface area contributed by atoms with Crippen LogP contribution in [0.4, 0.5) is 4.79 Å². The Balaban J connectivity index is 1.77. The minimum Gasteiger partial charge on any atom is -0.338 e. The molecule has 3 N–H and O–H groups in total. The van der Waals surface area contributed by atoms with Crippen molar-refractivity contribution in [1.29, 1.82) is 0 Å². The molecule has 1 atom stereocenters. The molecular weight excluding hydrogens is 270 g/mol. The SMILES string of the molecule is CC(C)N1CC(NC(=O)N2CCN(CCN)CC2)CC1=O. The van der Waals surface area contributed by atoms with Crippen LogP contribution in [0.3, 0.4) is 0 Å². The fraction of sp³-hybridized carbons (Fsp3) is 0.857. The van der Waals surface area contributed by atoms with Gasteiger partial charge >= 0.3 is 6.03 Å². The average Bonchev–Trinajstić information content (AvgIpc) is 2.81. The van der Waals surface area contributed by atoms with Crippen molar-refractivity contribution in [2.24, 2.45) is 5.73 Å². The smallest absolute Gasteiger partial charge is 0.317 e. The van der Waals surface area contributed by atoms with Crippen molar-refractivity contribution in [3.63, 3.8) is 0 Å². The van der Waals surface area contributed by atoms with Gasteiger partial charge in [-0.3, -0.25) is 9.69 Å². The molecule has 0 aromatic heterocycles. The summed E-state index contributed by atoms with van der Waals surface area (Å²) < 4.78 is 0. The minimum absolute atomic E-state index is 0.0502. The fourth-order valence-electron chi connectivity index (χ4n) is 2.95. The highest BCUT2D eigenvalue weighted by Crippen LogP contribution is 2.14. The van der Waals surface area contributed by atoms with Crippen LogP contribution in [-0.4, -0.2) is 84.5 Å². The summed E-state index contributed by atoms with van der Waals surface area (Å²) in [6.45, 7) is 9.34. The lowest BCUT2D eigenvalue weighted by molar-refractivity contribution is -0.129. The van der Waals surface area contributed by atoms with Crippen molar-refractivity contribution in [1.82, 2.24) is 20.0 Å². The number of carbonyl (C=O) groups is 2. The molecule has 2 rings (SSSR count). The standard InChI is InChI=1S/C14H27N5O2/c1-11(2)19-10-12(9-13(19)20)16-14(21)18-7-5-17(4-3-15)6-8-18/h11-12H,3-10,15H2,1-2H3,(H,16,21). The molecule has 7 nitrogen and oxygen atoms in total. The number of amides is 3. The van der Waals surface area contributed by atoms with Crippen molar-refractivity contribution in [2.75, 3.05) is 45.8 Å². The van der Waals surface area contributed by atoms with E-state index in [1.807, 2.05) is 23.6 Å². The maximum absolute atomic E-state index is 12.2. The number of carbonyl (C=O) groups excluding carboxylic acids is 2. The Morgan fingerprint density at radius 2 is 2.00 bits per heavy atom. The zero-order chi connectivity index (χ0) is 15.4. The minimum atomic E-state index is -0.0607. The second kappa shape index (κ2) is 7.09. The molecule has 0 radical (unpaired) electrons. The first-order valence-corrected chi connectivity index (χ1v) is 7.78. The molecule has 0 spiro atoms. The zero-order valence-electron chi connectivity index (χ0n) is 13.0. The van der Waals surface area contributed by atoms with E-state index in [2.05, 4.69) is 10.2 Å². The summed E-state index contributed by atoms with van der Waals surface area (Å²) in [6, 6.07) is 0.0829. The third-order valence-corrected chi connectivity index (χ3v) is 4.21. The highest BCUT2D eigenvalue weighted by atomic mass is 16.2. The molecule has 1 unspecified atom stereocenters. The lowest BCUT2D eigenvalue weighted by Gasteiger charge is -2.35. The Morgan fingerprint density at radius 3 is 2.52 bits per heavy atom. The Hall–Kier alpha value is -1.34. The Labute approximate surface area is 126 Å². The van der Waals surface area contributed by atoms with Crippen LogP contribution in [0.25, 0.3) is 0 Å². The van der Waals surface area contributed by atoms with Gasteiger partial charge in [0.25, 0.3) is 0 Å². The van der Waals surface area contributed by atoms with Gasteiger partial charge in [-0.05, 0) is 13.8 Å². The number of piperazine rings is 1. The van der Waals surface area contributed by atoms with E-state index < -0.39 is 0 Å². The Morgan fingerprint density at radius 1 is 1.33 bits per heavy atom. The summed E-state index contributed by atoms with van der Waals surface area (Å²) in [4.78, 5) is 30.0. The first-order chi connectivity index (χ1) is 10.0. The molecule has 0 bridgehead atoms. The van der Waals surface area contributed by atoms with Gasteiger partial charge in [0.15, 0.2) is 0 Å². The van der Waals surface area contributed by atoms with Crippen molar-refractivity contribution in [2.45, 2.75) is 32.4 Å². The maximum atomic E-state index is 12.2. The number of hydrogen-bond acceptors (Lipinski definition) is 4. The van der Waals surface area contributed by atoms with Gasteiger partial charge in [-0.2, -0.15) is 0 Å². The number of hydrogen-bond donors (Lipinski definition) is 2. The summed E-state index contributed by atoms with van der Waals surface area (Å²) >= 11 is 0. The highest BCUT2D eigenvalue weighted by molar-refractivity contribution is 5.82. The van der Waals surface area contributed by atoms with Crippen LogP contribution in [0, 0.1) is 0 Å². The van der Waals surface area contributed by atoms with Crippen LogP contribution in [0.2, 0.25) is 0 Å². The predicted octanol–water partition coefficient (Wildman–Crippen LogP) is -0.718. The summed E-state index contributed by atoms with van der Waals surface area (Å²) in [6.07, 6.45) is 0.414. The number of nitrogens with one attached hydrogen (secondary N) is 1. The summed E-state index contributed by atoms with van der Waals surface area (Å²) in [5.74, 6) is 0.128. The van der Waals surface area contributed by atoms with Crippen LogP contribution in [0.1, 0.15) is 20.3 Å². The third-order valence-electron chi connectivity index (χ3n) is 4.21. The van der Waals surface area contributed by atoms with Gasteiger partial charge in [0.05, 0.1) is 6.04 Å². The maximum Gasteiger partial charge on any atom is 0.317 e. The van der Waals surface area contributed by atoms with E-state index in [1.165, 1.54) is 0 Å². The molecule has 7 heteroatoms. The van der Waals surface area contributed by atoms with Crippen LogP contribution < -0.4 is 11.1 Å².